The molecule has 1 saturated heterocycles. The predicted octanol–water partition coefficient (Wildman–Crippen LogP) is 5.15. The van der Waals surface area contributed by atoms with E-state index in [9.17, 15) is 19.5 Å². The van der Waals surface area contributed by atoms with E-state index in [4.69, 9.17) is 9.47 Å². The maximum atomic E-state index is 13.9. The topological polar surface area (TPSA) is 145 Å². The fourth-order valence-electron chi connectivity index (χ4n) is 6.53. The molecule has 0 radical (unpaired) electrons. The summed E-state index contributed by atoms with van der Waals surface area (Å²) in [4.78, 5) is 49.7. The van der Waals surface area contributed by atoms with Crippen LogP contribution in [0.5, 0.6) is 11.5 Å². The number of rotatable bonds is 15. The molecule has 54 heavy (non-hydrogen) atoms. The number of aromatic nitrogens is 1. The average Bonchev–Trinajstić information content (AvgIpc) is 3.79. The number of carbonyl (C=O) groups is 3. The Labute approximate surface area is 327 Å². The van der Waals surface area contributed by atoms with Gasteiger partial charge in [-0.05, 0) is 56.4 Å². The molecule has 12 nitrogen and oxygen atoms in total. The summed E-state index contributed by atoms with van der Waals surface area (Å²) in [5.74, 6) is 1.47. The summed E-state index contributed by atoms with van der Waals surface area (Å²) in [5, 5.41) is 23.7. The molecule has 0 unspecified atom stereocenters. The lowest BCUT2D eigenvalue weighted by Gasteiger charge is -2.43. The van der Waals surface area contributed by atoms with E-state index in [1.165, 1.54) is 0 Å². The number of aliphatic hydroxyl groups excluding tert-OH is 1. The van der Waals surface area contributed by atoms with Crippen molar-refractivity contribution in [3.8, 4) is 11.5 Å². The molecule has 2 aliphatic rings. The Bertz CT molecular complexity index is 1710. The number of carbonyl (C=O) groups excluding carboxylic acids is 3. The number of fused-ring (bicyclic) bond motifs is 1. The number of ether oxygens (including phenoxy) is 2. The Morgan fingerprint density at radius 1 is 1.00 bits per heavy atom. The number of nitrogens with zero attached hydrogens (tertiary/aromatic N) is 3. The molecule has 1 aromatic heterocycles. The summed E-state index contributed by atoms with van der Waals surface area (Å²) in [5.41, 5.74) is 2.39. The van der Waals surface area contributed by atoms with Gasteiger partial charge in [-0.2, -0.15) is 0 Å². The van der Waals surface area contributed by atoms with Gasteiger partial charge in [0, 0.05) is 55.3 Å². The third-order valence-electron chi connectivity index (χ3n) is 9.37. The molecule has 0 saturated carbocycles. The largest absolute Gasteiger partial charge is 0.454 e. The number of thiazole rings is 1. The van der Waals surface area contributed by atoms with Crippen LogP contribution in [0.15, 0.2) is 53.9 Å². The lowest BCUT2D eigenvalue weighted by atomic mass is 9.97. The Morgan fingerprint density at radius 3 is 2.43 bits per heavy atom. The Balaban J connectivity index is 1.27. The molecule has 4 N–H and O–H groups in total. The maximum absolute atomic E-state index is 13.9. The molecule has 5 rings (SSSR count). The van der Waals surface area contributed by atoms with Gasteiger partial charge in [0.1, 0.15) is 12.1 Å². The molecule has 0 spiro atoms. The Morgan fingerprint density at radius 2 is 1.74 bits per heavy atom. The highest BCUT2D eigenvalue weighted by Gasteiger charge is 2.37. The Kier molecular flexibility index (Phi) is 14.4. The van der Waals surface area contributed by atoms with Gasteiger partial charge in [0.15, 0.2) is 11.5 Å². The van der Waals surface area contributed by atoms with Crippen molar-refractivity contribution < 1.29 is 29.0 Å². The lowest BCUT2D eigenvalue weighted by Crippen LogP contribution is -2.63. The molecule has 2 aliphatic heterocycles. The summed E-state index contributed by atoms with van der Waals surface area (Å²) < 4.78 is 11.1. The average molecular weight is 781 g/mol. The van der Waals surface area contributed by atoms with Crippen LogP contribution in [0.3, 0.4) is 0 Å². The van der Waals surface area contributed by atoms with Crippen LogP contribution in [0.2, 0.25) is 0 Å². The smallest absolute Gasteiger partial charge is 0.280 e. The first-order valence-corrected chi connectivity index (χ1v) is 20.6. The molecule has 14 heteroatoms. The Hall–Kier alpha value is -3.69. The lowest BCUT2D eigenvalue weighted by molar-refractivity contribution is -0.132. The molecular weight excluding hydrogens is 725 g/mol. The van der Waals surface area contributed by atoms with Gasteiger partial charge in [-0.1, -0.05) is 75.9 Å². The molecule has 294 valence electrons. The number of hydrogen-bond acceptors (Lipinski definition) is 11. The molecular formula is C40H56N6O6S2. The van der Waals surface area contributed by atoms with Crippen molar-refractivity contribution in [1.29, 1.82) is 0 Å². The first-order chi connectivity index (χ1) is 25.6. The van der Waals surface area contributed by atoms with Crippen LogP contribution in [0.25, 0.3) is 0 Å². The number of benzene rings is 2. The van der Waals surface area contributed by atoms with Crippen molar-refractivity contribution in [3.05, 3.63) is 75.7 Å². The van der Waals surface area contributed by atoms with Crippen LogP contribution in [-0.4, -0.2) is 99.7 Å². The summed E-state index contributed by atoms with van der Waals surface area (Å²) in [7, 11) is 0. The number of β-amino-alcohol motifs (C(OH)–C–C–N with tert-alkyl or cyclic N) is 1. The SMILES string of the molecule is CC(C)c1nc(CSC(=O)N[C@H](C(=O)N[C@@H](Cc2ccccc2)[C@H](O)CN2CCN(Cc3ccc4c(c3)OCO4)C[C@H]2C(=O)NC(C)(C)C)C(C)C)cs1. The maximum Gasteiger partial charge on any atom is 0.280 e. The van der Waals surface area contributed by atoms with E-state index >= 15 is 0 Å². The van der Waals surface area contributed by atoms with Gasteiger partial charge >= 0.3 is 0 Å². The predicted molar refractivity (Wildman–Crippen MR) is 214 cm³/mol. The van der Waals surface area contributed by atoms with Crippen LogP contribution in [0.1, 0.15) is 76.2 Å². The van der Waals surface area contributed by atoms with Crippen molar-refractivity contribution in [2.24, 2.45) is 5.92 Å². The summed E-state index contributed by atoms with van der Waals surface area (Å²) in [6.45, 7) is 16.5. The molecule has 3 amide bonds. The number of thioether (sulfide) groups is 1. The van der Waals surface area contributed by atoms with Gasteiger partial charge in [0.2, 0.25) is 18.6 Å². The van der Waals surface area contributed by atoms with Crippen LogP contribution in [0.4, 0.5) is 4.79 Å². The van der Waals surface area contributed by atoms with Gasteiger partial charge in [-0.25, -0.2) is 4.98 Å². The van der Waals surface area contributed by atoms with Gasteiger partial charge < -0.3 is 30.5 Å². The fourth-order valence-corrected chi connectivity index (χ4v) is 8.10. The number of amides is 3. The van der Waals surface area contributed by atoms with Gasteiger partial charge in [0.25, 0.3) is 5.24 Å². The quantitative estimate of drug-likeness (QED) is 0.164. The van der Waals surface area contributed by atoms with Gasteiger partial charge in [-0.3, -0.25) is 24.2 Å². The van der Waals surface area contributed by atoms with E-state index in [1.807, 2.05) is 93.4 Å². The van der Waals surface area contributed by atoms with E-state index < -0.39 is 29.8 Å². The minimum Gasteiger partial charge on any atom is -0.454 e. The van der Waals surface area contributed by atoms with Crippen LogP contribution < -0.4 is 25.4 Å². The second-order valence-electron chi connectivity index (χ2n) is 15.8. The first kappa shape index (κ1) is 41.5. The molecule has 2 aromatic carbocycles. The van der Waals surface area contributed by atoms with E-state index in [2.05, 4.69) is 39.7 Å². The van der Waals surface area contributed by atoms with Gasteiger partial charge in [0.05, 0.1) is 22.8 Å². The summed E-state index contributed by atoms with van der Waals surface area (Å²) in [6.07, 6.45) is -0.649. The summed E-state index contributed by atoms with van der Waals surface area (Å²) in [6, 6.07) is 13.6. The standard InChI is InChI=1S/C40H56N6O6S2/c1-25(2)35(43-39(50)54-23-29-22-53-38(41-29)26(3)4)37(49)42-30(17-27-11-9-8-10-12-27)32(47)21-46-16-15-45(20-31(46)36(48)44-40(5,6)7)19-28-13-14-33-34(18-28)52-24-51-33/h8-14,18,22,25-26,30-32,35,47H,15-17,19-21,23-24H2,1-7H3,(H,42,49)(H,43,50)(H,44,48)/t30-,31-,32+,35-/m0/s1. The van der Waals surface area contributed by atoms with Crippen molar-refractivity contribution in [2.75, 3.05) is 33.0 Å². The number of nitrogens with one attached hydrogen (secondary N) is 3. The molecule has 3 aromatic rings. The van der Waals surface area contributed by atoms with Crippen LogP contribution in [0, 0.1) is 5.92 Å². The van der Waals surface area contributed by atoms with Crippen molar-refractivity contribution >= 4 is 40.2 Å². The van der Waals surface area contributed by atoms with Crippen molar-refractivity contribution in [3.63, 3.8) is 0 Å². The van der Waals surface area contributed by atoms with E-state index in [0.29, 0.717) is 44.3 Å². The van der Waals surface area contributed by atoms with Crippen molar-refractivity contribution in [1.82, 2.24) is 30.7 Å². The molecule has 4 atom stereocenters. The third kappa shape index (κ3) is 11.9. The summed E-state index contributed by atoms with van der Waals surface area (Å²) >= 11 is 2.67. The molecule has 0 bridgehead atoms. The highest BCUT2D eigenvalue weighted by atomic mass is 32.2. The third-order valence-corrected chi connectivity index (χ3v) is 11.4. The van der Waals surface area contributed by atoms with E-state index in [-0.39, 0.29) is 36.3 Å². The minimum atomic E-state index is -1.02. The van der Waals surface area contributed by atoms with Gasteiger partial charge in [-0.15, -0.1) is 11.3 Å². The van der Waals surface area contributed by atoms with Crippen LogP contribution >= 0.6 is 23.1 Å². The molecule has 3 heterocycles. The highest BCUT2D eigenvalue weighted by molar-refractivity contribution is 8.12. The number of aliphatic hydroxyl groups is 1. The number of piperazine rings is 1. The molecule has 0 aliphatic carbocycles. The molecule has 1 fully saturated rings. The monoisotopic (exact) mass is 780 g/mol. The van der Waals surface area contributed by atoms with E-state index in [1.54, 1.807) is 11.3 Å². The zero-order valence-corrected chi connectivity index (χ0v) is 34.1. The number of hydrogen-bond donors (Lipinski definition) is 4. The van der Waals surface area contributed by atoms with E-state index in [0.717, 1.165) is 45.1 Å². The fraction of sp³-hybridized carbons (Fsp3) is 0.550. The van der Waals surface area contributed by atoms with Crippen LogP contribution in [-0.2, 0) is 28.3 Å². The zero-order chi connectivity index (χ0) is 39.0. The first-order valence-electron chi connectivity index (χ1n) is 18.7. The minimum absolute atomic E-state index is 0.119. The van der Waals surface area contributed by atoms with Crippen molar-refractivity contribution in [2.45, 2.75) is 103 Å². The second-order valence-corrected chi connectivity index (χ2v) is 17.7. The zero-order valence-electron chi connectivity index (χ0n) is 32.5. The second kappa shape index (κ2) is 18.8. The highest BCUT2D eigenvalue weighted by Crippen LogP contribution is 2.33. The normalized spacial score (nSPS) is 18.0.